The summed E-state index contributed by atoms with van der Waals surface area (Å²) in [5.41, 5.74) is 0.901. The van der Waals surface area contributed by atoms with Crippen LogP contribution in [0.25, 0.3) is 0 Å². The molecule has 0 bridgehead atoms. The fourth-order valence-corrected chi connectivity index (χ4v) is 3.12. The van der Waals surface area contributed by atoms with Crippen molar-refractivity contribution in [3.05, 3.63) is 35.9 Å². The number of halogens is 3. The maximum Gasteiger partial charge on any atom is 0.490 e. The van der Waals surface area contributed by atoms with Gasteiger partial charge in [-0.2, -0.15) is 13.2 Å². The van der Waals surface area contributed by atoms with E-state index in [1.807, 2.05) is 49.3 Å². The van der Waals surface area contributed by atoms with Crippen molar-refractivity contribution in [1.82, 2.24) is 26.2 Å². The number of amides is 4. The molecule has 19 heteroatoms. The van der Waals surface area contributed by atoms with Gasteiger partial charge in [-0.25, -0.2) is 9.59 Å². The van der Waals surface area contributed by atoms with Crippen LogP contribution in [0, 0.1) is 0 Å². The summed E-state index contributed by atoms with van der Waals surface area (Å²) in [6, 6.07) is 9.37. The standard InChI is InChI=1S/C28H47N5O9.C2HF3O2/c1-33(2)14-11-29-26(35)22-40-19-18-39-16-13-31-27(36)23-41-20-17-38-15-12-30-25(34)9-6-10-32-28(37)42-21-24-7-4-3-5-8-24;3-2(4,5)1(6)7/h3-5,7-8H,6,9-23H2,1-2H3,(H,29,35)(H,30,34)(H,31,36)(H,32,37);(H,6,7). The third-order valence-corrected chi connectivity index (χ3v) is 5.53. The van der Waals surface area contributed by atoms with E-state index >= 15 is 0 Å². The van der Waals surface area contributed by atoms with Crippen molar-refractivity contribution in [1.29, 1.82) is 0 Å². The third-order valence-electron chi connectivity index (χ3n) is 5.53. The molecule has 0 aliphatic carbocycles. The molecule has 0 saturated carbocycles. The maximum atomic E-state index is 11.8. The van der Waals surface area contributed by atoms with E-state index in [9.17, 15) is 32.3 Å². The molecular formula is C30H48F3N5O11. The number of carboxylic acids is 1. The van der Waals surface area contributed by atoms with Crippen molar-refractivity contribution in [2.45, 2.75) is 25.6 Å². The van der Waals surface area contributed by atoms with E-state index < -0.39 is 18.2 Å². The summed E-state index contributed by atoms with van der Waals surface area (Å²) >= 11 is 0. The summed E-state index contributed by atoms with van der Waals surface area (Å²) in [6.07, 6.45) is -4.85. The Morgan fingerprint density at radius 2 is 1.18 bits per heavy atom. The fraction of sp³-hybridized carbons (Fsp3) is 0.633. The molecule has 0 aliphatic heterocycles. The Bertz CT molecular complexity index is 1070. The van der Waals surface area contributed by atoms with Crippen LogP contribution in [0.2, 0.25) is 0 Å². The smallest absolute Gasteiger partial charge is 0.475 e. The molecule has 0 aliphatic rings. The first-order valence-electron chi connectivity index (χ1n) is 15.3. The Balaban J connectivity index is 0.00000295. The lowest BCUT2D eigenvalue weighted by Gasteiger charge is -2.10. The van der Waals surface area contributed by atoms with Gasteiger partial charge >= 0.3 is 18.2 Å². The second-order valence-electron chi connectivity index (χ2n) is 10.1. The van der Waals surface area contributed by atoms with Crippen LogP contribution in [0.5, 0.6) is 0 Å². The van der Waals surface area contributed by atoms with Gasteiger partial charge in [-0.3, -0.25) is 14.4 Å². The van der Waals surface area contributed by atoms with Crippen LogP contribution in [0.15, 0.2) is 30.3 Å². The zero-order valence-electron chi connectivity index (χ0n) is 27.8. The molecule has 0 atom stereocenters. The van der Waals surface area contributed by atoms with E-state index in [1.165, 1.54) is 0 Å². The number of benzene rings is 1. The van der Waals surface area contributed by atoms with E-state index in [0.717, 1.165) is 12.1 Å². The summed E-state index contributed by atoms with van der Waals surface area (Å²) in [5, 5.41) is 17.9. The number of alkyl carbamates (subject to hydrolysis) is 1. The summed E-state index contributed by atoms with van der Waals surface area (Å²) < 4.78 is 58.0. The van der Waals surface area contributed by atoms with Gasteiger partial charge in [0.25, 0.3) is 0 Å². The Morgan fingerprint density at radius 1 is 0.694 bits per heavy atom. The third kappa shape index (κ3) is 31.0. The predicted molar refractivity (Wildman–Crippen MR) is 168 cm³/mol. The molecule has 0 heterocycles. The predicted octanol–water partition coefficient (Wildman–Crippen LogP) is 0.303. The molecule has 1 aromatic carbocycles. The van der Waals surface area contributed by atoms with E-state index in [1.54, 1.807) is 0 Å². The number of carbonyl (C=O) groups excluding carboxylic acids is 4. The molecule has 4 amide bonds. The zero-order chi connectivity index (χ0) is 36.8. The molecule has 0 saturated heterocycles. The number of likely N-dealkylation sites (N-methyl/N-ethyl adjacent to an activating group) is 1. The van der Waals surface area contributed by atoms with Gasteiger partial charge in [0.05, 0.1) is 39.6 Å². The average molecular weight is 712 g/mol. The fourth-order valence-electron chi connectivity index (χ4n) is 3.12. The van der Waals surface area contributed by atoms with Gasteiger partial charge < -0.3 is 55.0 Å². The van der Waals surface area contributed by atoms with Crippen LogP contribution in [0.1, 0.15) is 18.4 Å². The van der Waals surface area contributed by atoms with E-state index in [4.69, 9.17) is 33.6 Å². The highest BCUT2D eigenvalue weighted by atomic mass is 19.4. The number of nitrogens with one attached hydrogen (secondary N) is 4. The lowest BCUT2D eigenvalue weighted by molar-refractivity contribution is -0.192. The minimum atomic E-state index is -5.08. The second kappa shape index (κ2) is 28.9. The van der Waals surface area contributed by atoms with Gasteiger partial charge in [0.1, 0.15) is 19.8 Å². The van der Waals surface area contributed by atoms with E-state index in [0.29, 0.717) is 52.4 Å². The van der Waals surface area contributed by atoms with E-state index in [2.05, 4.69) is 21.3 Å². The molecule has 49 heavy (non-hydrogen) atoms. The molecule has 1 rings (SSSR count). The van der Waals surface area contributed by atoms with Crippen LogP contribution in [0.4, 0.5) is 18.0 Å². The molecule has 0 radical (unpaired) electrons. The van der Waals surface area contributed by atoms with E-state index in [-0.39, 0.29) is 63.8 Å². The largest absolute Gasteiger partial charge is 0.490 e. The molecule has 1 aromatic rings. The van der Waals surface area contributed by atoms with Crippen molar-refractivity contribution in [3.8, 4) is 0 Å². The minimum absolute atomic E-state index is 0.0157. The number of hydrogen-bond acceptors (Lipinski definition) is 11. The van der Waals surface area contributed by atoms with Gasteiger partial charge in [-0.05, 0) is 26.1 Å². The van der Waals surface area contributed by atoms with Gasteiger partial charge in [-0.1, -0.05) is 30.3 Å². The molecule has 0 unspecified atom stereocenters. The zero-order valence-corrected chi connectivity index (χ0v) is 27.8. The number of carboxylic acid groups (broad SMARTS) is 1. The Kier molecular flexibility index (Phi) is 26.5. The SMILES string of the molecule is CN(C)CCNC(=O)COCCOCCNC(=O)COCCOCCNC(=O)CCCNC(=O)OCc1ccccc1.O=C(O)C(F)(F)F. The van der Waals surface area contributed by atoms with Crippen molar-refractivity contribution < 1.29 is 65.9 Å². The Morgan fingerprint density at radius 3 is 1.69 bits per heavy atom. The van der Waals surface area contributed by atoms with Gasteiger partial charge in [0.15, 0.2) is 0 Å². The van der Waals surface area contributed by atoms with Crippen LogP contribution in [-0.4, -0.2) is 146 Å². The lowest BCUT2D eigenvalue weighted by Crippen LogP contribution is -2.34. The normalized spacial score (nSPS) is 10.8. The van der Waals surface area contributed by atoms with Crippen LogP contribution in [0.3, 0.4) is 0 Å². The molecular weight excluding hydrogens is 663 g/mol. The lowest BCUT2D eigenvalue weighted by atomic mass is 10.2. The quantitative estimate of drug-likeness (QED) is 0.0870. The minimum Gasteiger partial charge on any atom is -0.475 e. The highest BCUT2D eigenvalue weighted by molar-refractivity contribution is 5.77. The average Bonchev–Trinajstić information content (AvgIpc) is 3.04. The van der Waals surface area contributed by atoms with Crippen LogP contribution >= 0.6 is 0 Å². The topological polar surface area (TPSA) is 203 Å². The molecule has 5 N–H and O–H groups in total. The van der Waals surface area contributed by atoms with Gasteiger partial charge in [0.2, 0.25) is 17.7 Å². The Labute approximate surface area is 283 Å². The first-order valence-corrected chi connectivity index (χ1v) is 15.3. The number of ether oxygens (including phenoxy) is 5. The number of alkyl halides is 3. The first-order chi connectivity index (χ1) is 23.3. The number of carbonyl (C=O) groups is 5. The van der Waals surface area contributed by atoms with Crippen molar-refractivity contribution in [2.75, 3.05) is 99.7 Å². The number of rotatable bonds is 25. The van der Waals surface area contributed by atoms with Crippen molar-refractivity contribution in [3.63, 3.8) is 0 Å². The van der Waals surface area contributed by atoms with Crippen LogP contribution < -0.4 is 21.3 Å². The molecule has 0 spiro atoms. The monoisotopic (exact) mass is 711 g/mol. The summed E-state index contributed by atoms with van der Waals surface area (Å²) in [4.78, 5) is 57.7. The molecule has 280 valence electrons. The second-order valence-corrected chi connectivity index (χ2v) is 10.1. The van der Waals surface area contributed by atoms with Crippen LogP contribution in [-0.2, 0) is 49.5 Å². The molecule has 16 nitrogen and oxygen atoms in total. The summed E-state index contributed by atoms with van der Waals surface area (Å²) in [5.74, 6) is -3.33. The molecule has 0 aromatic heterocycles. The highest BCUT2D eigenvalue weighted by Crippen LogP contribution is 2.13. The molecule has 0 fully saturated rings. The first kappa shape index (κ1) is 45.0. The summed E-state index contributed by atoms with van der Waals surface area (Å²) in [6.45, 7) is 4.19. The number of aliphatic carboxylic acids is 1. The van der Waals surface area contributed by atoms with Gasteiger partial charge in [-0.15, -0.1) is 0 Å². The maximum absolute atomic E-state index is 11.8. The Hall–Kier alpha value is -4.04. The summed E-state index contributed by atoms with van der Waals surface area (Å²) in [7, 11) is 3.86. The van der Waals surface area contributed by atoms with Gasteiger partial charge in [0, 0.05) is 39.1 Å². The highest BCUT2D eigenvalue weighted by Gasteiger charge is 2.38. The number of hydrogen-bond donors (Lipinski definition) is 5. The van der Waals surface area contributed by atoms with Crippen molar-refractivity contribution >= 4 is 29.8 Å². The van der Waals surface area contributed by atoms with Crippen molar-refractivity contribution in [2.24, 2.45) is 0 Å². The number of nitrogens with zero attached hydrogens (tertiary/aromatic N) is 1.